The van der Waals surface area contributed by atoms with Crippen LogP contribution in [0, 0.1) is 0 Å². The number of esters is 1. The Morgan fingerprint density at radius 2 is 1.59 bits per heavy atom. The van der Waals surface area contributed by atoms with Crippen LogP contribution < -0.4 is 4.74 Å². The van der Waals surface area contributed by atoms with Crippen LogP contribution in [0.4, 0.5) is 0 Å². The summed E-state index contributed by atoms with van der Waals surface area (Å²) >= 11 is 0. The van der Waals surface area contributed by atoms with Crippen LogP contribution in [0.3, 0.4) is 0 Å². The summed E-state index contributed by atoms with van der Waals surface area (Å²) in [5.41, 5.74) is 1.08. The summed E-state index contributed by atoms with van der Waals surface area (Å²) in [6, 6.07) is 15.5. The smallest absolute Gasteiger partial charge is 0.338 e. The molecule has 0 N–H and O–H groups in total. The average Bonchev–Trinajstić information content (AvgIpc) is 2.58. The third kappa shape index (κ3) is 4.45. The molecule has 0 fully saturated rings. The predicted molar refractivity (Wildman–Crippen MR) is 83.3 cm³/mol. The summed E-state index contributed by atoms with van der Waals surface area (Å²) < 4.78 is 10.5. The maximum Gasteiger partial charge on any atom is 0.338 e. The zero-order chi connectivity index (χ0) is 15.8. The average molecular weight is 298 g/mol. The van der Waals surface area contributed by atoms with Crippen LogP contribution in [0.1, 0.15) is 34.1 Å². The molecule has 0 aromatic heterocycles. The lowest BCUT2D eigenvalue weighted by atomic mass is 10.1. The first-order chi connectivity index (χ1) is 10.7. The molecular formula is C18H18O4. The zero-order valence-corrected chi connectivity index (χ0v) is 12.5. The van der Waals surface area contributed by atoms with Gasteiger partial charge in [-0.1, -0.05) is 37.3 Å². The first-order valence-electron chi connectivity index (χ1n) is 7.19. The van der Waals surface area contributed by atoms with Gasteiger partial charge in [-0.2, -0.15) is 0 Å². The Morgan fingerprint density at radius 1 is 0.909 bits per heavy atom. The van der Waals surface area contributed by atoms with Gasteiger partial charge in [-0.25, -0.2) is 4.79 Å². The Bertz CT molecular complexity index is 617. The third-order valence-corrected chi connectivity index (χ3v) is 2.99. The molecule has 4 nitrogen and oxygen atoms in total. The summed E-state index contributed by atoms with van der Waals surface area (Å²) in [5, 5.41) is 0. The molecule has 22 heavy (non-hydrogen) atoms. The highest BCUT2D eigenvalue weighted by Gasteiger charge is 2.08. The molecule has 0 spiro atoms. The van der Waals surface area contributed by atoms with E-state index in [4.69, 9.17) is 9.47 Å². The van der Waals surface area contributed by atoms with Gasteiger partial charge in [0.1, 0.15) is 5.75 Å². The fourth-order valence-electron chi connectivity index (χ4n) is 1.82. The van der Waals surface area contributed by atoms with E-state index in [0.29, 0.717) is 23.5 Å². The molecule has 0 saturated heterocycles. The number of hydrogen-bond donors (Lipinski definition) is 0. The van der Waals surface area contributed by atoms with Crippen LogP contribution in [-0.2, 0) is 4.74 Å². The summed E-state index contributed by atoms with van der Waals surface area (Å²) in [5.74, 6) is 0.0946. The third-order valence-electron chi connectivity index (χ3n) is 2.99. The van der Waals surface area contributed by atoms with Crippen molar-refractivity contribution < 1.29 is 19.1 Å². The first kappa shape index (κ1) is 15.8. The lowest BCUT2D eigenvalue weighted by Crippen LogP contribution is -2.11. The predicted octanol–water partition coefficient (Wildman–Crippen LogP) is 3.52. The summed E-state index contributed by atoms with van der Waals surface area (Å²) in [7, 11) is 0. The monoisotopic (exact) mass is 298 g/mol. The molecule has 2 rings (SSSR count). The summed E-state index contributed by atoms with van der Waals surface area (Å²) in [6.45, 7) is 2.31. The molecule has 0 heterocycles. The van der Waals surface area contributed by atoms with Crippen molar-refractivity contribution in [3.63, 3.8) is 0 Å². The van der Waals surface area contributed by atoms with Crippen molar-refractivity contribution in [3.8, 4) is 5.75 Å². The second-order valence-electron chi connectivity index (χ2n) is 4.74. The first-order valence-corrected chi connectivity index (χ1v) is 7.19. The van der Waals surface area contributed by atoms with Crippen molar-refractivity contribution in [3.05, 3.63) is 65.7 Å². The lowest BCUT2D eigenvalue weighted by Gasteiger charge is -2.07. The van der Waals surface area contributed by atoms with E-state index in [2.05, 4.69) is 0 Å². The van der Waals surface area contributed by atoms with Gasteiger partial charge in [0.2, 0.25) is 0 Å². The maximum atomic E-state index is 11.9. The highest BCUT2D eigenvalue weighted by atomic mass is 16.5. The Morgan fingerprint density at radius 3 is 2.23 bits per heavy atom. The van der Waals surface area contributed by atoms with Gasteiger partial charge in [0.25, 0.3) is 0 Å². The van der Waals surface area contributed by atoms with Gasteiger partial charge in [0.05, 0.1) is 12.2 Å². The topological polar surface area (TPSA) is 52.6 Å². The number of rotatable bonds is 7. The molecule has 2 aromatic rings. The van der Waals surface area contributed by atoms with E-state index >= 15 is 0 Å². The molecule has 2 aromatic carbocycles. The van der Waals surface area contributed by atoms with Crippen LogP contribution in [-0.4, -0.2) is 25.0 Å². The second kappa shape index (κ2) is 7.98. The Kier molecular flexibility index (Phi) is 5.72. The molecule has 0 unspecified atom stereocenters. The normalized spacial score (nSPS) is 10.0. The Hall–Kier alpha value is -2.62. The van der Waals surface area contributed by atoms with Crippen LogP contribution in [0.25, 0.3) is 0 Å². The standard InChI is InChI=1S/C18H18O4/c1-2-12-21-18(20)15-8-10-16(11-9-15)22-13-17(19)14-6-4-3-5-7-14/h3-11H,2,12-13H2,1H3. The number of carbonyl (C=O) groups is 2. The zero-order valence-electron chi connectivity index (χ0n) is 12.5. The molecule has 4 heteroatoms. The number of carbonyl (C=O) groups excluding carboxylic acids is 2. The molecule has 0 radical (unpaired) electrons. The van der Waals surface area contributed by atoms with Gasteiger partial charge >= 0.3 is 5.97 Å². The number of benzene rings is 2. The highest BCUT2D eigenvalue weighted by molar-refractivity contribution is 5.97. The summed E-state index contributed by atoms with van der Waals surface area (Å²) in [6.07, 6.45) is 0.786. The van der Waals surface area contributed by atoms with Crippen molar-refractivity contribution in [2.24, 2.45) is 0 Å². The minimum absolute atomic E-state index is 0.0381. The molecule has 114 valence electrons. The molecule has 0 aliphatic rings. The van der Waals surface area contributed by atoms with E-state index in [0.717, 1.165) is 6.42 Å². The maximum absolute atomic E-state index is 11.9. The van der Waals surface area contributed by atoms with Crippen molar-refractivity contribution in [1.82, 2.24) is 0 Å². The van der Waals surface area contributed by atoms with Gasteiger partial charge in [0.15, 0.2) is 12.4 Å². The molecule has 0 atom stereocenters. The fourth-order valence-corrected chi connectivity index (χ4v) is 1.82. The number of ketones is 1. The van der Waals surface area contributed by atoms with Gasteiger partial charge in [0, 0.05) is 5.56 Å². The van der Waals surface area contributed by atoms with Gasteiger partial charge in [-0.3, -0.25) is 4.79 Å². The molecule has 0 saturated carbocycles. The molecule has 0 aliphatic carbocycles. The minimum atomic E-state index is -0.353. The second-order valence-corrected chi connectivity index (χ2v) is 4.74. The summed E-state index contributed by atoms with van der Waals surface area (Å²) in [4.78, 5) is 23.6. The number of Topliss-reactive ketones (excluding diaryl/α,β-unsaturated/α-hetero) is 1. The largest absolute Gasteiger partial charge is 0.485 e. The molecule has 0 amide bonds. The minimum Gasteiger partial charge on any atom is -0.485 e. The molecule has 0 aliphatic heterocycles. The van der Waals surface area contributed by atoms with Crippen LogP contribution >= 0.6 is 0 Å². The highest BCUT2D eigenvalue weighted by Crippen LogP contribution is 2.13. The Balaban J connectivity index is 1.89. The van der Waals surface area contributed by atoms with Crippen molar-refractivity contribution in [1.29, 1.82) is 0 Å². The van der Waals surface area contributed by atoms with Crippen molar-refractivity contribution in [2.75, 3.05) is 13.2 Å². The van der Waals surface area contributed by atoms with Crippen molar-refractivity contribution >= 4 is 11.8 Å². The molecular weight excluding hydrogens is 280 g/mol. The Labute approximate surface area is 129 Å². The van der Waals surface area contributed by atoms with E-state index in [1.54, 1.807) is 36.4 Å². The van der Waals surface area contributed by atoms with Crippen LogP contribution in [0.5, 0.6) is 5.75 Å². The van der Waals surface area contributed by atoms with Gasteiger partial charge in [-0.05, 0) is 30.7 Å². The van der Waals surface area contributed by atoms with Crippen molar-refractivity contribution in [2.45, 2.75) is 13.3 Å². The van der Waals surface area contributed by atoms with E-state index in [-0.39, 0.29) is 18.4 Å². The van der Waals surface area contributed by atoms with Crippen LogP contribution in [0.15, 0.2) is 54.6 Å². The van der Waals surface area contributed by atoms with Crippen LogP contribution in [0.2, 0.25) is 0 Å². The lowest BCUT2D eigenvalue weighted by molar-refractivity contribution is 0.0505. The SMILES string of the molecule is CCCOC(=O)c1ccc(OCC(=O)c2ccccc2)cc1. The quantitative estimate of drug-likeness (QED) is 0.580. The fraction of sp³-hybridized carbons (Fsp3) is 0.222. The van der Waals surface area contributed by atoms with Gasteiger partial charge < -0.3 is 9.47 Å². The molecule has 0 bridgehead atoms. The van der Waals surface area contributed by atoms with E-state index in [1.807, 2.05) is 25.1 Å². The van der Waals surface area contributed by atoms with E-state index in [1.165, 1.54) is 0 Å². The van der Waals surface area contributed by atoms with Gasteiger partial charge in [-0.15, -0.1) is 0 Å². The van der Waals surface area contributed by atoms with E-state index < -0.39 is 0 Å². The number of ether oxygens (including phenoxy) is 2. The number of hydrogen-bond acceptors (Lipinski definition) is 4. The van der Waals surface area contributed by atoms with E-state index in [9.17, 15) is 9.59 Å².